The molecular formula is C13H18BrNO2. The predicted octanol–water partition coefficient (Wildman–Crippen LogP) is 2.74. The predicted molar refractivity (Wildman–Crippen MR) is 72.5 cm³/mol. The summed E-state index contributed by atoms with van der Waals surface area (Å²) in [5.41, 5.74) is -0.295. The van der Waals surface area contributed by atoms with Crippen LogP contribution in [0.25, 0.3) is 0 Å². The molecule has 0 saturated carbocycles. The van der Waals surface area contributed by atoms with Crippen molar-refractivity contribution in [2.24, 2.45) is 0 Å². The summed E-state index contributed by atoms with van der Waals surface area (Å²) < 4.78 is 5.37. The standard InChI is InChI=1S/C13H18BrNO2/c1-10(14)13(2,3)15-12(16)9-17-11-7-5-4-6-8-11/h4-8,10H,9H2,1-3H3,(H,15,16). The number of alkyl halides is 1. The first-order chi connectivity index (χ1) is 7.92. The van der Waals surface area contributed by atoms with E-state index < -0.39 is 0 Å². The van der Waals surface area contributed by atoms with Gasteiger partial charge in [-0.15, -0.1) is 0 Å². The van der Waals surface area contributed by atoms with Crippen LogP contribution in [0.4, 0.5) is 0 Å². The van der Waals surface area contributed by atoms with Gasteiger partial charge in [0, 0.05) is 10.4 Å². The first-order valence-corrected chi connectivity index (χ1v) is 6.46. The second-order valence-corrected chi connectivity index (χ2v) is 5.86. The minimum atomic E-state index is -0.295. The molecule has 0 radical (unpaired) electrons. The van der Waals surface area contributed by atoms with E-state index in [1.165, 1.54) is 0 Å². The van der Waals surface area contributed by atoms with E-state index in [0.717, 1.165) is 0 Å². The summed E-state index contributed by atoms with van der Waals surface area (Å²) in [4.78, 5) is 11.9. The highest BCUT2D eigenvalue weighted by Crippen LogP contribution is 2.16. The molecular weight excluding hydrogens is 282 g/mol. The number of amides is 1. The molecule has 0 spiro atoms. The van der Waals surface area contributed by atoms with Crippen LogP contribution >= 0.6 is 15.9 Å². The zero-order valence-corrected chi connectivity index (χ0v) is 12.0. The zero-order chi connectivity index (χ0) is 12.9. The van der Waals surface area contributed by atoms with E-state index in [9.17, 15) is 4.79 Å². The van der Waals surface area contributed by atoms with Gasteiger partial charge in [-0.2, -0.15) is 0 Å². The van der Waals surface area contributed by atoms with E-state index in [1.54, 1.807) is 0 Å². The fourth-order valence-corrected chi connectivity index (χ4v) is 1.27. The van der Waals surface area contributed by atoms with E-state index in [0.29, 0.717) is 5.75 Å². The lowest BCUT2D eigenvalue weighted by Crippen LogP contribution is -2.50. The van der Waals surface area contributed by atoms with Gasteiger partial charge in [-0.1, -0.05) is 41.1 Å². The van der Waals surface area contributed by atoms with Crippen molar-refractivity contribution in [1.29, 1.82) is 0 Å². The smallest absolute Gasteiger partial charge is 0.258 e. The molecule has 1 aromatic rings. The number of carbonyl (C=O) groups is 1. The highest BCUT2D eigenvalue weighted by atomic mass is 79.9. The van der Waals surface area contributed by atoms with E-state index in [2.05, 4.69) is 21.2 Å². The van der Waals surface area contributed by atoms with Crippen molar-refractivity contribution in [2.45, 2.75) is 31.1 Å². The maximum atomic E-state index is 11.7. The summed E-state index contributed by atoms with van der Waals surface area (Å²) in [5.74, 6) is 0.581. The number of nitrogens with one attached hydrogen (secondary N) is 1. The van der Waals surface area contributed by atoms with Crippen molar-refractivity contribution in [3.63, 3.8) is 0 Å². The Bertz CT molecular complexity index is 363. The monoisotopic (exact) mass is 299 g/mol. The maximum absolute atomic E-state index is 11.7. The summed E-state index contributed by atoms with van der Waals surface area (Å²) in [5, 5.41) is 2.92. The summed E-state index contributed by atoms with van der Waals surface area (Å²) in [6, 6.07) is 9.30. The molecule has 0 aliphatic carbocycles. The molecule has 1 unspecified atom stereocenters. The number of rotatable bonds is 5. The van der Waals surface area contributed by atoms with Gasteiger partial charge in [-0.3, -0.25) is 4.79 Å². The Morgan fingerprint density at radius 3 is 2.53 bits per heavy atom. The Kier molecular flexibility index (Phi) is 5.00. The van der Waals surface area contributed by atoms with Crippen molar-refractivity contribution in [1.82, 2.24) is 5.32 Å². The molecule has 0 heterocycles. The molecule has 1 atom stereocenters. The first kappa shape index (κ1) is 14.0. The topological polar surface area (TPSA) is 38.3 Å². The zero-order valence-electron chi connectivity index (χ0n) is 10.4. The van der Waals surface area contributed by atoms with Gasteiger partial charge in [0.15, 0.2) is 6.61 Å². The Labute approximate surface area is 111 Å². The second kappa shape index (κ2) is 6.05. The van der Waals surface area contributed by atoms with Gasteiger partial charge in [0.1, 0.15) is 5.75 Å². The number of hydrogen-bond donors (Lipinski definition) is 1. The molecule has 0 aromatic heterocycles. The molecule has 0 aliphatic rings. The summed E-state index contributed by atoms with van der Waals surface area (Å²) in [7, 11) is 0. The molecule has 1 rings (SSSR count). The number of ether oxygens (including phenoxy) is 1. The second-order valence-electron chi connectivity index (χ2n) is 4.49. The number of benzene rings is 1. The molecule has 0 aliphatic heterocycles. The molecule has 17 heavy (non-hydrogen) atoms. The Morgan fingerprint density at radius 2 is 2.00 bits per heavy atom. The third-order valence-corrected chi connectivity index (χ3v) is 3.71. The molecule has 0 saturated heterocycles. The van der Waals surface area contributed by atoms with Gasteiger partial charge in [-0.05, 0) is 26.0 Å². The highest BCUT2D eigenvalue weighted by Gasteiger charge is 2.25. The van der Waals surface area contributed by atoms with Gasteiger partial charge in [-0.25, -0.2) is 0 Å². The average molecular weight is 300 g/mol. The molecule has 4 heteroatoms. The van der Waals surface area contributed by atoms with E-state index in [4.69, 9.17) is 4.74 Å². The lowest BCUT2D eigenvalue weighted by atomic mass is 10.0. The molecule has 3 nitrogen and oxygen atoms in total. The van der Waals surface area contributed by atoms with Crippen LogP contribution in [0.3, 0.4) is 0 Å². The molecule has 0 bridgehead atoms. The van der Waals surface area contributed by atoms with Crippen LogP contribution in [0.15, 0.2) is 30.3 Å². The van der Waals surface area contributed by atoms with Crippen LogP contribution in [-0.4, -0.2) is 22.9 Å². The molecule has 1 aromatic carbocycles. The third kappa shape index (κ3) is 4.77. The van der Waals surface area contributed by atoms with Gasteiger partial charge in [0.2, 0.25) is 0 Å². The van der Waals surface area contributed by atoms with Crippen molar-refractivity contribution in [3.05, 3.63) is 30.3 Å². The van der Waals surface area contributed by atoms with Crippen molar-refractivity contribution >= 4 is 21.8 Å². The Morgan fingerprint density at radius 1 is 1.41 bits per heavy atom. The summed E-state index contributed by atoms with van der Waals surface area (Å²) in [6.07, 6.45) is 0. The van der Waals surface area contributed by atoms with Crippen LogP contribution in [0, 0.1) is 0 Å². The largest absolute Gasteiger partial charge is 0.484 e. The van der Waals surface area contributed by atoms with Gasteiger partial charge in [0.05, 0.1) is 0 Å². The SMILES string of the molecule is CC(Br)C(C)(C)NC(=O)COc1ccccc1. The van der Waals surface area contributed by atoms with Crippen LogP contribution in [0.1, 0.15) is 20.8 Å². The Balaban J connectivity index is 2.41. The lowest BCUT2D eigenvalue weighted by molar-refractivity contribution is -0.124. The molecule has 1 N–H and O–H groups in total. The van der Waals surface area contributed by atoms with Crippen molar-refractivity contribution in [2.75, 3.05) is 6.61 Å². The first-order valence-electron chi connectivity index (χ1n) is 5.55. The van der Waals surface area contributed by atoms with E-state index >= 15 is 0 Å². The van der Waals surface area contributed by atoms with Gasteiger partial charge < -0.3 is 10.1 Å². The number of carbonyl (C=O) groups excluding carboxylic acids is 1. The lowest BCUT2D eigenvalue weighted by Gasteiger charge is -2.29. The molecule has 94 valence electrons. The molecule has 1 amide bonds. The third-order valence-electron chi connectivity index (χ3n) is 2.57. The van der Waals surface area contributed by atoms with Crippen LogP contribution in [0.2, 0.25) is 0 Å². The number of hydrogen-bond acceptors (Lipinski definition) is 2. The van der Waals surface area contributed by atoms with Crippen molar-refractivity contribution < 1.29 is 9.53 Å². The fourth-order valence-electron chi connectivity index (χ4n) is 1.16. The molecule has 0 fully saturated rings. The number of halogens is 1. The summed E-state index contributed by atoms with van der Waals surface area (Å²) in [6.45, 7) is 5.96. The van der Waals surface area contributed by atoms with Crippen LogP contribution in [0.5, 0.6) is 5.75 Å². The van der Waals surface area contributed by atoms with Crippen LogP contribution in [-0.2, 0) is 4.79 Å². The quantitative estimate of drug-likeness (QED) is 0.849. The number of para-hydroxylation sites is 1. The van der Waals surface area contributed by atoms with Crippen LogP contribution < -0.4 is 10.1 Å². The normalized spacial score (nSPS) is 12.9. The minimum absolute atomic E-state index is 0.0349. The average Bonchev–Trinajstić information content (AvgIpc) is 2.27. The fraction of sp³-hybridized carbons (Fsp3) is 0.462. The van der Waals surface area contributed by atoms with Gasteiger partial charge >= 0.3 is 0 Å². The Hall–Kier alpha value is -1.03. The van der Waals surface area contributed by atoms with E-state index in [-0.39, 0.29) is 22.9 Å². The van der Waals surface area contributed by atoms with Gasteiger partial charge in [0.25, 0.3) is 5.91 Å². The maximum Gasteiger partial charge on any atom is 0.258 e. The van der Waals surface area contributed by atoms with E-state index in [1.807, 2.05) is 51.1 Å². The van der Waals surface area contributed by atoms with Crippen molar-refractivity contribution in [3.8, 4) is 5.75 Å². The minimum Gasteiger partial charge on any atom is -0.484 e. The summed E-state index contributed by atoms with van der Waals surface area (Å²) >= 11 is 3.46. The highest BCUT2D eigenvalue weighted by molar-refractivity contribution is 9.09.